The fourth-order valence-corrected chi connectivity index (χ4v) is 2.88. The van der Waals surface area contributed by atoms with Gasteiger partial charge in [0, 0.05) is 13.1 Å². The predicted octanol–water partition coefficient (Wildman–Crippen LogP) is 2.61. The van der Waals surface area contributed by atoms with Gasteiger partial charge < -0.3 is 15.7 Å². The summed E-state index contributed by atoms with van der Waals surface area (Å²) in [6.45, 7) is 5.39. The van der Waals surface area contributed by atoms with Gasteiger partial charge in [-0.1, -0.05) is 39.5 Å². The molecule has 5 heteroatoms. The van der Waals surface area contributed by atoms with Crippen molar-refractivity contribution in [2.24, 2.45) is 17.8 Å². The fourth-order valence-electron chi connectivity index (χ4n) is 2.88. The molecule has 116 valence electrons. The Morgan fingerprint density at radius 2 is 1.80 bits per heavy atom. The number of nitrogens with one attached hydrogen (secondary N) is 2. The van der Waals surface area contributed by atoms with Gasteiger partial charge >= 0.3 is 12.0 Å². The molecule has 2 atom stereocenters. The molecule has 0 heterocycles. The van der Waals surface area contributed by atoms with Crippen LogP contribution in [0.4, 0.5) is 4.79 Å². The zero-order chi connectivity index (χ0) is 15.0. The minimum Gasteiger partial charge on any atom is -0.481 e. The first-order valence-corrected chi connectivity index (χ1v) is 7.82. The number of carbonyl (C=O) groups excluding carboxylic acids is 1. The van der Waals surface area contributed by atoms with Crippen LogP contribution in [0.2, 0.25) is 0 Å². The molecule has 0 aromatic carbocycles. The molecule has 0 spiro atoms. The van der Waals surface area contributed by atoms with E-state index in [0.29, 0.717) is 19.0 Å². The summed E-state index contributed by atoms with van der Waals surface area (Å²) in [5.74, 6) is -0.445. The van der Waals surface area contributed by atoms with Crippen LogP contribution in [-0.4, -0.2) is 30.2 Å². The highest BCUT2D eigenvalue weighted by Crippen LogP contribution is 2.29. The van der Waals surface area contributed by atoms with Crippen molar-refractivity contribution >= 4 is 12.0 Å². The lowest BCUT2D eigenvalue weighted by atomic mass is 9.79. The van der Waals surface area contributed by atoms with Crippen LogP contribution in [0.15, 0.2) is 0 Å². The Bertz CT molecular complexity index is 316. The maximum Gasteiger partial charge on any atom is 0.314 e. The Hall–Kier alpha value is -1.26. The molecule has 0 radical (unpaired) electrons. The number of amides is 2. The van der Waals surface area contributed by atoms with E-state index < -0.39 is 5.97 Å². The SMILES string of the molecule is CCC(CC)CNC(=O)NCC1CCCCC1C(=O)O. The number of carboxylic acids is 1. The van der Waals surface area contributed by atoms with Crippen molar-refractivity contribution in [3.05, 3.63) is 0 Å². The van der Waals surface area contributed by atoms with Crippen LogP contribution in [0.1, 0.15) is 52.4 Å². The van der Waals surface area contributed by atoms with Gasteiger partial charge in [-0.15, -0.1) is 0 Å². The summed E-state index contributed by atoms with van der Waals surface area (Å²) in [7, 11) is 0. The summed E-state index contributed by atoms with van der Waals surface area (Å²) in [5, 5.41) is 14.9. The van der Waals surface area contributed by atoms with Crippen LogP contribution in [-0.2, 0) is 4.79 Å². The topological polar surface area (TPSA) is 78.4 Å². The molecule has 1 aliphatic rings. The maximum atomic E-state index is 11.7. The van der Waals surface area contributed by atoms with E-state index in [4.69, 9.17) is 0 Å². The molecule has 0 aromatic rings. The third-order valence-corrected chi connectivity index (χ3v) is 4.46. The van der Waals surface area contributed by atoms with E-state index in [2.05, 4.69) is 24.5 Å². The quantitative estimate of drug-likeness (QED) is 0.672. The lowest BCUT2D eigenvalue weighted by Gasteiger charge is -2.28. The van der Waals surface area contributed by atoms with Crippen molar-refractivity contribution in [3.8, 4) is 0 Å². The van der Waals surface area contributed by atoms with Crippen molar-refractivity contribution in [2.45, 2.75) is 52.4 Å². The summed E-state index contributed by atoms with van der Waals surface area (Å²) in [4.78, 5) is 22.9. The van der Waals surface area contributed by atoms with Gasteiger partial charge in [0.05, 0.1) is 5.92 Å². The van der Waals surface area contributed by atoms with Crippen LogP contribution in [0, 0.1) is 17.8 Å². The summed E-state index contributed by atoms with van der Waals surface area (Å²) >= 11 is 0. The van der Waals surface area contributed by atoms with Gasteiger partial charge in [-0.05, 0) is 24.7 Å². The molecule has 1 saturated carbocycles. The van der Waals surface area contributed by atoms with E-state index >= 15 is 0 Å². The standard InChI is InChI=1S/C15H28N2O3/c1-3-11(4-2)9-16-15(20)17-10-12-7-5-6-8-13(12)14(18)19/h11-13H,3-10H2,1-2H3,(H,18,19)(H2,16,17,20). The molecule has 3 N–H and O–H groups in total. The first kappa shape index (κ1) is 16.8. The van der Waals surface area contributed by atoms with Gasteiger partial charge in [-0.25, -0.2) is 4.79 Å². The minimum absolute atomic E-state index is 0.0696. The van der Waals surface area contributed by atoms with Crippen LogP contribution in [0.3, 0.4) is 0 Å². The number of carboxylic acid groups (broad SMARTS) is 1. The normalized spacial score (nSPS) is 22.6. The van der Waals surface area contributed by atoms with Crippen molar-refractivity contribution in [1.82, 2.24) is 10.6 Å². The van der Waals surface area contributed by atoms with Gasteiger partial charge in [-0.3, -0.25) is 4.79 Å². The Morgan fingerprint density at radius 1 is 1.15 bits per heavy atom. The molecule has 2 unspecified atom stereocenters. The second-order valence-corrected chi connectivity index (χ2v) is 5.76. The minimum atomic E-state index is -0.728. The first-order chi connectivity index (χ1) is 9.58. The van der Waals surface area contributed by atoms with Crippen LogP contribution >= 0.6 is 0 Å². The molecular weight excluding hydrogens is 256 g/mol. The van der Waals surface area contributed by atoms with E-state index in [1.54, 1.807) is 0 Å². The highest BCUT2D eigenvalue weighted by molar-refractivity contribution is 5.74. The Labute approximate surface area is 121 Å². The van der Waals surface area contributed by atoms with Gasteiger partial charge in [0.25, 0.3) is 0 Å². The zero-order valence-electron chi connectivity index (χ0n) is 12.7. The van der Waals surface area contributed by atoms with Crippen LogP contribution in [0.25, 0.3) is 0 Å². The third kappa shape index (κ3) is 5.39. The average Bonchev–Trinajstić information content (AvgIpc) is 2.46. The molecule has 0 aromatic heterocycles. The van der Waals surface area contributed by atoms with E-state index in [-0.39, 0.29) is 17.9 Å². The highest BCUT2D eigenvalue weighted by Gasteiger charge is 2.30. The summed E-state index contributed by atoms with van der Waals surface area (Å²) in [6, 6.07) is -0.174. The largest absolute Gasteiger partial charge is 0.481 e. The monoisotopic (exact) mass is 284 g/mol. The number of carbonyl (C=O) groups is 2. The van der Waals surface area contributed by atoms with Gasteiger partial charge in [0.15, 0.2) is 0 Å². The van der Waals surface area contributed by atoms with Crippen molar-refractivity contribution < 1.29 is 14.7 Å². The average molecular weight is 284 g/mol. The number of rotatable bonds is 7. The van der Waals surface area contributed by atoms with Crippen LogP contribution < -0.4 is 10.6 Å². The summed E-state index contributed by atoms with van der Waals surface area (Å²) in [6.07, 6.45) is 5.78. The molecular formula is C15H28N2O3. The van der Waals surface area contributed by atoms with Gasteiger partial charge in [0.1, 0.15) is 0 Å². The second kappa shape index (κ2) is 8.82. The lowest BCUT2D eigenvalue weighted by Crippen LogP contribution is -2.43. The molecule has 1 rings (SSSR count). The lowest BCUT2D eigenvalue weighted by molar-refractivity contribution is -0.144. The van der Waals surface area contributed by atoms with Crippen molar-refractivity contribution in [1.29, 1.82) is 0 Å². The smallest absolute Gasteiger partial charge is 0.314 e. The number of hydrogen-bond donors (Lipinski definition) is 3. The third-order valence-electron chi connectivity index (χ3n) is 4.46. The van der Waals surface area contributed by atoms with Crippen molar-refractivity contribution in [3.63, 3.8) is 0 Å². The van der Waals surface area contributed by atoms with Gasteiger partial charge in [-0.2, -0.15) is 0 Å². The summed E-state index contributed by atoms with van der Waals surface area (Å²) < 4.78 is 0. The molecule has 0 saturated heterocycles. The van der Waals surface area contributed by atoms with E-state index in [1.165, 1.54) is 0 Å². The number of aliphatic carboxylic acids is 1. The Morgan fingerprint density at radius 3 is 2.40 bits per heavy atom. The zero-order valence-corrected chi connectivity index (χ0v) is 12.7. The highest BCUT2D eigenvalue weighted by atomic mass is 16.4. The predicted molar refractivity (Wildman–Crippen MR) is 78.6 cm³/mol. The molecule has 2 amide bonds. The number of hydrogen-bond acceptors (Lipinski definition) is 2. The second-order valence-electron chi connectivity index (χ2n) is 5.76. The Balaban J connectivity index is 2.30. The van der Waals surface area contributed by atoms with Crippen molar-refractivity contribution in [2.75, 3.05) is 13.1 Å². The molecule has 1 fully saturated rings. The van der Waals surface area contributed by atoms with E-state index in [1.807, 2.05) is 0 Å². The Kier molecular flexibility index (Phi) is 7.41. The molecule has 0 aliphatic heterocycles. The molecule has 1 aliphatic carbocycles. The van der Waals surface area contributed by atoms with Gasteiger partial charge in [0.2, 0.25) is 0 Å². The maximum absolute atomic E-state index is 11.7. The fraction of sp³-hybridized carbons (Fsp3) is 0.867. The molecule has 20 heavy (non-hydrogen) atoms. The first-order valence-electron chi connectivity index (χ1n) is 7.82. The van der Waals surface area contributed by atoms with E-state index in [9.17, 15) is 14.7 Å². The van der Waals surface area contributed by atoms with E-state index in [0.717, 1.165) is 38.5 Å². The number of urea groups is 1. The molecule has 0 bridgehead atoms. The molecule has 5 nitrogen and oxygen atoms in total. The summed E-state index contributed by atoms with van der Waals surface area (Å²) in [5.41, 5.74) is 0. The van der Waals surface area contributed by atoms with Crippen LogP contribution in [0.5, 0.6) is 0 Å².